The van der Waals surface area contributed by atoms with Crippen molar-refractivity contribution < 1.29 is 9.63 Å². The summed E-state index contributed by atoms with van der Waals surface area (Å²) in [6.45, 7) is 2.19. The quantitative estimate of drug-likeness (QED) is 0.850. The molecule has 0 saturated carbocycles. The van der Waals surface area contributed by atoms with Crippen LogP contribution in [0, 0.1) is 0 Å². The third-order valence-electron chi connectivity index (χ3n) is 2.17. The Bertz CT molecular complexity index is 560. The Balaban J connectivity index is 2.15. The number of nitrogens with zero attached hydrogens (tertiary/aromatic N) is 5. The second kappa shape index (κ2) is 4.80. The van der Waals surface area contributed by atoms with Gasteiger partial charge in [0.05, 0.1) is 6.54 Å². The van der Waals surface area contributed by atoms with Crippen LogP contribution >= 0.6 is 15.9 Å². The van der Waals surface area contributed by atoms with E-state index in [1.165, 1.54) is 10.7 Å². The molecule has 0 fully saturated rings. The average molecular weight is 304 g/mol. The number of rotatable bonds is 4. The highest BCUT2D eigenvalue weighted by Crippen LogP contribution is 2.18. The number of aryl methyl sites for hydroxylation is 1. The SMILES string of the molecule is CCn1nnn(CC(O)c2cc(Br)no2)c1=O. The zero-order valence-electron chi connectivity index (χ0n) is 8.95. The molecule has 9 heteroatoms. The Morgan fingerprint density at radius 1 is 1.53 bits per heavy atom. The zero-order chi connectivity index (χ0) is 12.4. The molecule has 2 aromatic heterocycles. The fourth-order valence-electron chi connectivity index (χ4n) is 1.30. The van der Waals surface area contributed by atoms with Crippen molar-refractivity contribution in [3.8, 4) is 0 Å². The molecule has 92 valence electrons. The summed E-state index contributed by atoms with van der Waals surface area (Å²) >= 11 is 3.10. The number of hydrogen-bond donors (Lipinski definition) is 1. The molecular weight excluding hydrogens is 294 g/mol. The summed E-state index contributed by atoms with van der Waals surface area (Å²) in [4.78, 5) is 11.6. The van der Waals surface area contributed by atoms with E-state index < -0.39 is 6.10 Å². The van der Waals surface area contributed by atoms with Crippen LogP contribution in [0.2, 0.25) is 0 Å². The Labute approximate surface area is 104 Å². The van der Waals surface area contributed by atoms with Gasteiger partial charge >= 0.3 is 5.69 Å². The summed E-state index contributed by atoms with van der Waals surface area (Å²) in [6, 6.07) is 1.53. The molecule has 1 atom stereocenters. The fraction of sp³-hybridized carbons (Fsp3) is 0.500. The topological polar surface area (TPSA) is 99.0 Å². The molecule has 0 bridgehead atoms. The molecule has 1 N–H and O–H groups in total. The molecule has 1 unspecified atom stereocenters. The molecule has 2 aromatic rings. The third kappa shape index (κ3) is 2.44. The van der Waals surface area contributed by atoms with Gasteiger partial charge in [0.1, 0.15) is 10.7 Å². The average Bonchev–Trinajstić information content (AvgIpc) is 2.87. The maximum atomic E-state index is 11.6. The number of aromatic nitrogens is 5. The van der Waals surface area contributed by atoms with Gasteiger partial charge in [0.15, 0.2) is 5.76 Å². The summed E-state index contributed by atoms with van der Waals surface area (Å²) in [5.41, 5.74) is -0.370. The van der Waals surface area contributed by atoms with Crippen molar-refractivity contribution in [2.24, 2.45) is 0 Å². The molecule has 0 aliphatic rings. The maximum absolute atomic E-state index is 11.6. The van der Waals surface area contributed by atoms with E-state index in [0.717, 1.165) is 4.68 Å². The first-order chi connectivity index (χ1) is 8.11. The van der Waals surface area contributed by atoms with Crippen LogP contribution in [0.1, 0.15) is 18.8 Å². The highest BCUT2D eigenvalue weighted by Gasteiger charge is 2.17. The van der Waals surface area contributed by atoms with Gasteiger partial charge in [-0.05, 0) is 33.3 Å². The van der Waals surface area contributed by atoms with Gasteiger partial charge in [0.25, 0.3) is 0 Å². The lowest BCUT2D eigenvalue weighted by Gasteiger charge is -2.04. The van der Waals surface area contributed by atoms with Crippen LogP contribution in [0.5, 0.6) is 0 Å². The van der Waals surface area contributed by atoms with Crippen molar-refractivity contribution in [2.45, 2.75) is 26.1 Å². The molecule has 2 heterocycles. The Morgan fingerprint density at radius 2 is 2.24 bits per heavy atom. The highest BCUT2D eigenvalue weighted by molar-refractivity contribution is 9.10. The summed E-state index contributed by atoms with van der Waals surface area (Å²) < 4.78 is 7.61. The van der Waals surface area contributed by atoms with E-state index >= 15 is 0 Å². The largest absolute Gasteiger partial charge is 0.383 e. The first-order valence-electron chi connectivity index (χ1n) is 4.92. The van der Waals surface area contributed by atoms with Gasteiger partial charge in [-0.2, -0.15) is 9.36 Å². The van der Waals surface area contributed by atoms with Crippen LogP contribution in [-0.2, 0) is 13.1 Å². The zero-order valence-corrected chi connectivity index (χ0v) is 10.5. The molecule has 0 amide bonds. The lowest BCUT2D eigenvalue weighted by atomic mass is 10.3. The minimum Gasteiger partial charge on any atom is -0.383 e. The Hall–Kier alpha value is -1.48. The smallest absolute Gasteiger partial charge is 0.363 e. The van der Waals surface area contributed by atoms with Crippen molar-refractivity contribution in [1.29, 1.82) is 0 Å². The van der Waals surface area contributed by atoms with Gasteiger partial charge in [-0.1, -0.05) is 5.16 Å². The lowest BCUT2D eigenvalue weighted by Crippen LogP contribution is -2.26. The third-order valence-corrected chi connectivity index (χ3v) is 2.54. The summed E-state index contributed by atoms with van der Waals surface area (Å²) in [5, 5.41) is 20.7. The van der Waals surface area contributed by atoms with E-state index in [9.17, 15) is 9.90 Å². The molecule has 17 heavy (non-hydrogen) atoms. The Kier molecular flexibility index (Phi) is 3.38. The normalized spacial score (nSPS) is 12.9. The van der Waals surface area contributed by atoms with E-state index in [-0.39, 0.29) is 18.0 Å². The summed E-state index contributed by atoms with van der Waals surface area (Å²) in [6.07, 6.45) is -0.992. The fourth-order valence-corrected chi connectivity index (χ4v) is 1.59. The van der Waals surface area contributed by atoms with E-state index in [1.807, 2.05) is 0 Å². The molecular formula is C8H10BrN5O3. The number of tetrazole rings is 1. The monoisotopic (exact) mass is 303 g/mol. The van der Waals surface area contributed by atoms with Crippen LogP contribution in [0.4, 0.5) is 0 Å². The molecule has 2 rings (SSSR count). The number of aliphatic hydroxyl groups excluding tert-OH is 1. The van der Waals surface area contributed by atoms with Crippen LogP contribution < -0.4 is 5.69 Å². The highest BCUT2D eigenvalue weighted by atomic mass is 79.9. The molecule has 0 aromatic carbocycles. The van der Waals surface area contributed by atoms with E-state index in [1.54, 1.807) is 6.92 Å². The van der Waals surface area contributed by atoms with Crippen LogP contribution in [0.3, 0.4) is 0 Å². The second-order valence-corrected chi connectivity index (χ2v) is 4.14. The number of hydrogen-bond acceptors (Lipinski definition) is 6. The van der Waals surface area contributed by atoms with Crippen molar-refractivity contribution >= 4 is 15.9 Å². The molecule has 0 radical (unpaired) electrons. The first kappa shape index (κ1) is 12.0. The summed E-state index contributed by atoms with van der Waals surface area (Å²) in [7, 11) is 0. The van der Waals surface area contributed by atoms with E-state index in [0.29, 0.717) is 11.1 Å². The van der Waals surface area contributed by atoms with Crippen molar-refractivity contribution in [2.75, 3.05) is 0 Å². The predicted molar refractivity (Wildman–Crippen MR) is 59.1 cm³/mol. The van der Waals surface area contributed by atoms with Crippen molar-refractivity contribution in [1.82, 2.24) is 24.9 Å². The van der Waals surface area contributed by atoms with Gasteiger partial charge in [0.2, 0.25) is 0 Å². The molecule has 0 aliphatic carbocycles. The number of halogens is 1. The van der Waals surface area contributed by atoms with E-state index in [4.69, 9.17) is 4.52 Å². The Morgan fingerprint density at radius 3 is 2.76 bits per heavy atom. The molecule has 0 spiro atoms. The van der Waals surface area contributed by atoms with Gasteiger partial charge < -0.3 is 9.63 Å². The lowest BCUT2D eigenvalue weighted by molar-refractivity contribution is 0.115. The maximum Gasteiger partial charge on any atom is 0.363 e. The predicted octanol–water partition coefficient (Wildman–Crippen LogP) is -0.0562. The van der Waals surface area contributed by atoms with Gasteiger partial charge in [-0.15, -0.1) is 0 Å². The van der Waals surface area contributed by atoms with Crippen LogP contribution in [-0.4, -0.2) is 30.1 Å². The molecule has 0 saturated heterocycles. The first-order valence-corrected chi connectivity index (χ1v) is 5.72. The minimum absolute atomic E-state index is 0.0273. The van der Waals surface area contributed by atoms with Crippen molar-refractivity contribution in [3.63, 3.8) is 0 Å². The van der Waals surface area contributed by atoms with Crippen LogP contribution in [0.15, 0.2) is 20.0 Å². The molecule has 0 aliphatic heterocycles. The second-order valence-electron chi connectivity index (χ2n) is 3.33. The van der Waals surface area contributed by atoms with Gasteiger partial charge in [0, 0.05) is 12.6 Å². The standard InChI is InChI=1S/C8H10BrN5O3/c1-2-13-8(16)14(12-11-13)4-5(15)6-3-7(9)10-17-6/h3,5,15H,2,4H2,1H3. The minimum atomic E-state index is -0.992. The molecule has 8 nitrogen and oxygen atoms in total. The van der Waals surface area contributed by atoms with Crippen molar-refractivity contribution in [3.05, 3.63) is 26.9 Å². The van der Waals surface area contributed by atoms with Gasteiger partial charge in [-0.3, -0.25) is 0 Å². The summed E-state index contributed by atoms with van der Waals surface area (Å²) in [5.74, 6) is 0.259. The van der Waals surface area contributed by atoms with E-state index in [2.05, 4.69) is 31.5 Å². The van der Waals surface area contributed by atoms with Gasteiger partial charge in [-0.25, -0.2) is 4.79 Å². The van der Waals surface area contributed by atoms with Crippen LogP contribution in [0.25, 0.3) is 0 Å². The number of aliphatic hydroxyl groups is 1.